The summed E-state index contributed by atoms with van der Waals surface area (Å²) >= 11 is 0. The van der Waals surface area contributed by atoms with Gasteiger partial charge in [-0.25, -0.2) is 4.39 Å². The fourth-order valence-corrected chi connectivity index (χ4v) is 1.30. The minimum atomic E-state index is -0.902. The van der Waals surface area contributed by atoms with Crippen molar-refractivity contribution in [2.24, 2.45) is 0 Å². The Balaban J connectivity index is 3.04. The third-order valence-corrected chi connectivity index (χ3v) is 2.04. The van der Waals surface area contributed by atoms with Crippen molar-refractivity contribution in [1.29, 1.82) is 0 Å². The molecule has 1 aromatic carbocycles. The Bertz CT molecular complexity index is 385. The number of ether oxygens (including phenoxy) is 1. The minimum Gasteiger partial charge on any atom is -0.505 e. The van der Waals surface area contributed by atoms with Crippen molar-refractivity contribution in [3.63, 3.8) is 0 Å². The lowest BCUT2D eigenvalue weighted by Gasteiger charge is -2.24. The fourth-order valence-electron chi connectivity index (χ4n) is 1.30. The summed E-state index contributed by atoms with van der Waals surface area (Å²) in [6.45, 7) is 4.60. The first-order valence-electron chi connectivity index (χ1n) is 4.51. The molecule has 15 heavy (non-hydrogen) atoms. The lowest BCUT2D eigenvalue weighted by atomic mass is 9.98. The van der Waals surface area contributed by atoms with E-state index < -0.39 is 23.1 Å². The third-order valence-electron chi connectivity index (χ3n) is 2.04. The predicted molar refractivity (Wildman–Crippen MR) is 52.9 cm³/mol. The molecule has 0 saturated heterocycles. The molecule has 0 amide bonds. The van der Waals surface area contributed by atoms with Gasteiger partial charge in [0.1, 0.15) is 5.60 Å². The number of hydrogen-bond acceptors (Lipinski definition) is 3. The Hall–Kier alpha value is -1.58. The van der Waals surface area contributed by atoms with Crippen LogP contribution >= 0.6 is 0 Å². The number of halogens is 1. The summed E-state index contributed by atoms with van der Waals surface area (Å²) in [5, 5.41) is 9.01. The van der Waals surface area contributed by atoms with Crippen molar-refractivity contribution >= 4 is 5.97 Å². The van der Waals surface area contributed by atoms with Crippen molar-refractivity contribution in [2.45, 2.75) is 26.4 Å². The van der Waals surface area contributed by atoms with Gasteiger partial charge in [-0.3, -0.25) is 4.79 Å². The van der Waals surface area contributed by atoms with Crippen LogP contribution in [-0.4, -0.2) is 11.1 Å². The van der Waals surface area contributed by atoms with E-state index in [4.69, 9.17) is 9.84 Å². The van der Waals surface area contributed by atoms with Crippen LogP contribution in [0, 0.1) is 5.82 Å². The number of carbonyl (C=O) groups is 1. The van der Waals surface area contributed by atoms with E-state index in [9.17, 15) is 9.18 Å². The highest BCUT2D eigenvalue weighted by molar-refractivity contribution is 5.66. The quantitative estimate of drug-likeness (QED) is 0.765. The largest absolute Gasteiger partial charge is 0.505 e. The van der Waals surface area contributed by atoms with E-state index in [0.29, 0.717) is 5.56 Å². The summed E-state index contributed by atoms with van der Waals surface area (Å²) in [5.41, 5.74) is -0.409. The Kier molecular flexibility index (Phi) is 2.98. The fraction of sp³-hybridized carbons (Fsp3) is 0.364. The molecule has 3 nitrogen and oxygen atoms in total. The molecule has 0 aliphatic heterocycles. The molecule has 4 heteroatoms. The predicted octanol–water partition coefficient (Wildman–Crippen LogP) is 2.33. The van der Waals surface area contributed by atoms with E-state index >= 15 is 0 Å². The van der Waals surface area contributed by atoms with Crippen LogP contribution in [0.15, 0.2) is 18.2 Å². The molecular weight excluding hydrogens is 199 g/mol. The Morgan fingerprint density at radius 1 is 1.47 bits per heavy atom. The van der Waals surface area contributed by atoms with E-state index in [1.165, 1.54) is 19.1 Å². The zero-order chi connectivity index (χ0) is 11.6. The molecule has 0 heterocycles. The first kappa shape index (κ1) is 11.5. The molecule has 0 saturated carbocycles. The van der Waals surface area contributed by atoms with Crippen LogP contribution in [0.1, 0.15) is 26.3 Å². The Labute approximate surface area is 87.5 Å². The molecule has 1 N–H and O–H groups in total. The van der Waals surface area contributed by atoms with Crippen LogP contribution < -0.4 is 0 Å². The summed E-state index contributed by atoms with van der Waals surface area (Å²) in [6.07, 6.45) is 0. The van der Waals surface area contributed by atoms with Gasteiger partial charge in [-0.05, 0) is 31.5 Å². The van der Waals surface area contributed by atoms with Crippen LogP contribution in [0.5, 0.6) is 5.75 Å². The van der Waals surface area contributed by atoms with Crippen LogP contribution in [-0.2, 0) is 15.1 Å². The van der Waals surface area contributed by atoms with E-state index in [2.05, 4.69) is 0 Å². The number of carbonyl (C=O) groups excluding carboxylic acids is 1. The zero-order valence-corrected chi connectivity index (χ0v) is 8.87. The third kappa shape index (κ3) is 2.68. The highest BCUT2D eigenvalue weighted by Gasteiger charge is 2.24. The van der Waals surface area contributed by atoms with E-state index in [-0.39, 0.29) is 0 Å². The molecule has 0 atom stereocenters. The van der Waals surface area contributed by atoms with Gasteiger partial charge in [0, 0.05) is 6.92 Å². The van der Waals surface area contributed by atoms with Crippen LogP contribution in [0.25, 0.3) is 0 Å². The monoisotopic (exact) mass is 212 g/mol. The standard InChI is InChI=1S/C11H13FO3/c1-7(13)15-11(2,3)8-4-5-10(14)9(12)6-8/h4-6,14H,1-3H3. The van der Waals surface area contributed by atoms with Crippen molar-refractivity contribution in [3.05, 3.63) is 29.6 Å². The smallest absolute Gasteiger partial charge is 0.303 e. The second kappa shape index (κ2) is 3.88. The Morgan fingerprint density at radius 2 is 2.07 bits per heavy atom. The number of hydrogen-bond donors (Lipinski definition) is 1. The highest BCUT2D eigenvalue weighted by atomic mass is 19.1. The zero-order valence-electron chi connectivity index (χ0n) is 8.87. The molecule has 0 aromatic heterocycles. The maximum Gasteiger partial charge on any atom is 0.303 e. The van der Waals surface area contributed by atoms with Crippen molar-refractivity contribution in [3.8, 4) is 5.75 Å². The molecule has 0 spiro atoms. The second-order valence-corrected chi connectivity index (χ2v) is 3.77. The van der Waals surface area contributed by atoms with Gasteiger partial charge in [-0.1, -0.05) is 6.07 Å². The van der Waals surface area contributed by atoms with Crippen molar-refractivity contribution in [2.75, 3.05) is 0 Å². The lowest BCUT2D eigenvalue weighted by molar-refractivity contribution is -0.154. The Morgan fingerprint density at radius 3 is 2.53 bits per heavy atom. The average Bonchev–Trinajstić information content (AvgIpc) is 2.07. The molecule has 1 rings (SSSR count). The van der Waals surface area contributed by atoms with Crippen LogP contribution in [0.3, 0.4) is 0 Å². The SMILES string of the molecule is CC(=O)OC(C)(C)c1ccc(O)c(F)c1. The molecular formula is C11H13FO3. The first-order valence-corrected chi connectivity index (χ1v) is 4.51. The average molecular weight is 212 g/mol. The molecule has 0 aliphatic carbocycles. The lowest BCUT2D eigenvalue weighted by Crippen LogP contribution is -2.24. The number of phenols is 1. The molecule has 82 valence electrons. The number of aromatic hydroxyl groups is 1. The summed E-state index contributed by atoms with van der Waals surface area (Å²) in [4.78, 5) is 10.8. The van der Waals surface area contributed by atoms with Gasteiger partial charge < -0.3 is 9.84 Å². The molecule has 0 aliphatic rings. The van der Waals surface area contributed by atoms with Gasteiger partial charge >= 0.3 is 5.97 Å². The van der Waals surface area contributed by atoms with Gasteiger partial charge in [0.2, 0.25) is 0 Å². The van der Waals surface area contributed by atoms with Gasteiger partial charge in [0.05, 0.1) is 0 Å². The van der Waals surface area contributed by atoms with Crippen molar-refractivity contribution < 1.29 is 19.0 Å². The number of phenolic OH excluding ortho intramolecular Hbond substituents is 1. The van der Waals surface area contributed by atoms with Gasteiger partial charge in [0.15, 0.2) is 11.6 Å². The minimum absolute atomic E-state index is 0.419. The van der Waals surface area contributed by atoms with Crippen LogP contribution in [0.2, 0.25) is 0 Å². The van der Waals surface area contributed by atoms with Gasteiger partial charge in [-0.2, -0.15) is 0 Å². The molecule has 0 unspecified atom stereocenters. The second-order valence-electron chi connectivity index (χ2n) is 3.77. The summed E-state index contributed by atoms with van der Waals surface area (Å²) in [7, 11) is 0. The van der Waals surface area contributed by atoms with E-state index in [1.807, 2.05) is 0 Å². The molecule has 0 fully saturated rings. The summed E-state index contributed by atoms with van der Waals surface area (Å²) in [5.74, 6) is -1.58. The number of esters is 1. The van der Waals surface area contributed by atoms with Gasteiger partial charge in [0.25, 0.3) is 0 Å². The highest BCUT2D eigenvalue weighted by Crippen LogP contribution is 2.28. The molecule has 1 aromatic rings. The van der Waals surface area contributed by atoms with E-state index in [0.717, 1.165) is 6.07 Å². The maximum atomic E-state index is 13.1. The first-order chi connectivity index (χ1) is 6.83. The summed E-state index contributed by atoms with van der Waals surface area (Å²) in [6, 6.07) is 3.90. The van der Waals surface area contributed by atoms with E-state index in [1.54, 1.807) is 13.8 Å². The van der Waals surface area contributed by atoms with Crippen molar-refractivity contribution in [1.82, 2.24) is 0 Å². The number of rotatable bonds is 2. The number of benzene rings is 1. The molecule has 0 bridgehead atoms. The maximum absolute atomic E-state index is 13.1. The summed E-state index contributed by atoms with van der Waals surface area (Å²) < 4.78 is 18.1. The molecule has 0 radical (unpaired) electrons. The topological polar surface area (TPSA) is 46.5 Å². The van der Waals surface area contributed by atoms with Crippen LogP contribution in [0.4, 0.5) is 4.39 Å². The normalized spacial score (nSPS) is 11.2. The van der Waals surface area contributed by atoms with Gasteiger partial charge in [-0.15, -0.1) is 0 Å².